The van der Waals surface area contributed by atoms with E-state index in [2.05, 4.69) is 12.1 Å². The van der Waals surface area contributed by atoms with Crippen molar-refractivity contribution in [2.75, 3.05) is 6.61 Å². The molecule has 0 atom stereocenters. The fourth-order valence-electron chi connectivity index (χ4n) is 2.13. The van der Waals surface area contributed by atoms with Gasteiger partial charge in [-0.1, -0.05) is 60.7 Å². The maximum absolute atomic E-state index is 12.1. The monoisotopic (exact) mass is 280 g/mol. The molecular formula is C19H20O2. The highest BCUT2D eigenvalue weighted by Crippen LogP contribution is 2.15. The average molecular weight is 280 g/mol. The molecule has 2 nitrogen and oxygen atoms in total. The Labute approximate surface area is 126 Å². The standard InChI is InChI=1S/C19H20O2/c1-2-21-19(20)18(15-17-11-7-4-8-12-17)14-13-16-9-5-3-6-10-16/h3-12,15H,2,13-14H2,1H3. The number of esters is 1. The van der Waals surface area contributed by atoms with Gasteiger partial charge < -0.3 is 4.74 Å². The van der Waals surface area contributed by atoms with Crippen LogP contribution in [0.15, 0.2) is 66.2 Å². The van der Waals surface area contributed by atoms with E-state index in [9.17, 15) is 4.79 Å². The zero-order chi connectivity index (χ0) is 14.9. The third-order valence-electron chi connectivity index (χ3n) is 3.20. The van der Waals surface area contributed by atoms with Gasteiger partial charge in [0, 0.05) is 5.57 Å². The topological polar surface area (TPSA) is 26.3 Å². The fourth-order valence-corrected chi connectivity index (χ4v) is 2.13. The van der Waals surface area contributed by atoms with Crippen LogP contribution in [0.2, 0.25) is 0 Å². The molecule has 0 saturated heterocycles. The molecule has 0 fully saturated rings. The van der Waals surface area contributed by atoms with Gasteiger partial charge in [-0.05, 0) is 37.0 Å². The van der Waals surface area contributed by atoms with Crippen LogP contribution in [0.25, 0.3) is 6.08 Å². The second-order valence-electron chi connectivity index (χ2n) is 4.79. The highest BCUT2D eigenvalue weighted by molar-refractivity contribution is 5.93. The second-order valence-corrected chi connectivity index (χ2v) is 4.79. The van der Waals surface area contributed by atoms with Crippen LogP contribution < -0.4 is 0 Å². The van der Waals surface area contributed by atoms with Gasteiger partial charge in [-0.3, -0.25) is 0 Å². The van der Waals surface area contributed by atoms with Gasteiger partial charge in [0.15, 0.2) is 0 Å². The van der Waals surface area contributed by atoms with Crippen LogP contribution >= 0.6 is 0 Å². The Balaban J connectivity index is 2.13. The van der Waals surface area contributed by atoms with Gasteiger partial charge in [-0.25, -0.2) is 4.79 Å². The summed E-state index contributed by atoms with van der Waals surface area (Å²) in [6, 6.07) is 20.0. The summed E-state index contributed by atoms with van der Waals surface area (Å²) in [7, 11) is 0. The zero-order valence-electron chi connectivity index (χ0n) is 12.3. The van der Waals surface area contributed by atoms with E-state index in [1.165, 1.54) is 5.56 Å². The third-order valence-corrected chi connectivity index (χ3v) is 3.20. The highest BCUT2D eigenvalue weighted by atomic mass is 16.5. The zero-order valence-corrected chi connectivity index (χ0v) is 12.3. The number of hydrogen-bond donors (Lipinski definition) is 0. The molecule has 0 heterocycles. The van der Waals surface area contributed by atoms with E-state index in [4.69, 9.17) is 4.74 Å². The molecule has 2 aromatic carbocycles. The van der Waals surface area contributed by atoms with Crippen LogP contribution in [-0.2, 0) is 16.0 Å². The molecule has 0 bridgehead atoms. The maximum atomic E-state index is 12.1. The average Bonchev–Trinajstić information content (AvgIpc) is 2.53. The molecule has 0 aliphatic carbocycles. The quantitative estimate of drug-likeness (QED) is 0.583. The minimum atomic E-state index is -0.225. The van der Waals surface area contributed by atoms with Gasteiger partial charge in [-0.15, -0.1) is 0 Å². The molecule has 0 aliphatic rings. The second kappa shape index (κ2) is 8.05. The number of ether oxygens (including phenoxy) is 1. The van der Waals surface area contributed by atoms with Crippen LogP contribution in [0.4, 0.5) is 0 Å². The molecule has 0 aliphatic heterocycles. The van der Waals surface area contributed by atoms with Crippen molar-refractivity contribution in [3.05, 3.63) is 77.4 Å². The summed E-state index contributed by atoms with van der Waals surface area (Å²) in [5.41, 5.74) is 2.96. The Kier molecular flexibility index (Phi) is 5.77. The number of rotatable bonds is 6. The highest BCUT2D eigenvalue weighted by Gasteiger charge is 2.10. The molecule has 2 aromatic rings. The van der Waals surface area contributed by atoms with Gasteiger partial charge in [0.1, 0.15) is 0 Å². The molecule has 21 heavy (non-hydrogen) atoms. The van der Waals surface area contributed by atoms with Crippen LogP contribution in [0, 0.1) is 0 Å². The Morgan fingerprint density at radius 2 is 1.62 bits per heavy atom. The first kappa shape index (κ1) is 15.0. The molecule has 2 rings (SSSR count). The molecule has 0 N–H and O–H groups in total. The number of hydrogen-bond acceptors (Lipinski definition) is 2. The van der Waals surface area contributed by atoms with Crippen LogP contribution in [-0.4, -0.2) is 12.6 Å². The van der Waals surface area contributed by atoms with E-state index >= 15 is 0 Å². The predicted octanol–water partition coefficient (Wildman–Crippen LogP) is 4.27. The van der Waals surface area contributed by atoms with Crippen LogP contribution in [0.3, 0.4) is 0 Å². The lowest BCUT2D eigenvalue weighted by atomic mass is 10.0. The van der Waals surface area contributed by atoms with Crippen molar-refractivity contribution in [2.24, 2.45) is 0 Å². The molecular weight excluding hydrogens is 260 g/mol. The largest absolute Gasteiger partial charge is 0.463 e. The Hall–Kier alpha value is -2.35. The van der Waals surface area contributed by atoms with Gasteiger partial charge in [-0.2, -0.15) is 0 Å². The van der Waals surface area contributed by atoms with Crippen molar-refractivity contribution < 1.29 is 9.53 Å². The molecule has 0 saturated carbocycles. The Morgan fingerprint density at radius 1 is 1.00 bits per heavy atom. The van der Waals surface area contributed by atoms with Gasteiger partial charge in [0.25, 0.3) is 0 Å². The summed E-state index contributed by atoms with van der Waals surface area (Å²) in [6.45, 7) is 2.23. The summed E-state index contributed by atoms with van der Waals surface area (Å²) < 4.78 is 5.16. The fraction of sp³-hybridized carbons (Fsp3) is 0.211. The first-order valence-corrected chi connectivity index (χ1v) is 7.26. The van der Waals surface area contributed by atoms with Crippen LogP contribution in [0.5, 0.6) is 0 Å². The van der Waals surface area contributed by atoms with E-state index in [0.29, 0.717) is 18.6 Å². The van der Waals surface area contributed by atoms with Crippen molar-refractivity contribution in [2.45, 2.75) is 19.8 Å². The maximum Gasteiger partial charge on any atom is 0.334 e. The van der Waals surface area contributed by atoms with E-state index in [1.807, 2.05) is 61.5 Å². The lowest BCUT2D eigenvalue weighted by Gasteiger charge is -2.07. The first-order chi connectivity index (χ1) is 10.3. The lowest BCUT2D eigenvalue weighted by molar-refractivity contribution is -0.138. The normalized spacial score (nSPS) is 11.2. The van der Waals surface area contributed by atoms with E-state index < -0.39 is 0 Å². The Bertz CT molecular complexity index is 585. The van der Waals surface area contributed by atoms with E-state index in [1.54, 1.807) is 0 Å². The van der Waals surface area contributed by atoms with Gasteiger partial charge in [0.2, 0.25) is 0 Å². The van der Waals surface area contributed by atoms with Gasteiger partial charge in [0.05, 0.1) is 6.61 Å². The first-order valence-electron chi connectivity index (χ1n) is 7.26. The van der Waals surface area contributed by atoms with Crippen LogP contribution in [0.1, 0.15) is 24.5 Å². The smallest absolute Gasteiger partial charge is 0.334 e. The van der Waals surface area contributed by atoms with E-state index in [-0.39, 0.29) is 5.97 Å². The van der Waals surface area contributed by atoms with Crippen molar-refractivity contribution in [3.63, 3.8) is 0 Å². The molecule has 0 unspecified atom stereocenters. The minimum absolute atomic E-state index is 0.225. The predicted molar refractivity (Wildman–Crippen MR) is 85.8 cm³/mol. The third kappa shape index (κ3) is 4.92. The molecule has 108 valence electrons. The van der Waals surface area contributed by atoms with Crippen molar-refractivity contribution in [1.82, 2.24) is 0 Å². The summed E-state index contributed by atoms with van der Waals surface area (Å²) in [5.74, 6) is -0.225. The molecule has 0 spiro atoms. The number of carbonyl (C=O) groups is 1. The molecule has 2 heteroatoms. The van der Waals surface area contributed by atoms with Gasteiger partial charge >= 0.3 is 5.97 Å². The number of benzene rings is 2. The summed E-state index contributed by atoms with van der Waals surface area (Å²) >= 11 is 0. The summed E-state index contributed by atoms with van der Waals surface area (Å²) in [4.78, 5) is 12.1. The van der Waals surface area contributed by atoms with Crippen molar-refractivity contribution >= 4 is 12.0 Å². The molecule has 0 aromatic heterocycles. The molecule has 0 amide bonds. The van der Waals surface area contributed by atoms with Crippen molar-refractivity contribution in [3.8, 4) is 0 Å². The number of aryl methyl sites for hydroxylation is 1. The SMILES string of the molecule is CCOC(=O)C(=Cc1ccccc1)CCc1ccccc1. The minimum Gasteiger partial charge on any atom is -0.463 e. The van der Waals surface area contributed by atoms with E-state index in [0.717, 1.165) is 12.0 Å². The Morgan fingerprint density at radius 3 is 2.24 bits per heavy atom. The summed E-state index contributed by atoms with van der Waals surface area (Å²) in [6.07, 6.45) is 3.43. The number of carbonyl (C=O) groups excluding carboxylic acids is 1. The lowest BCUT2D eigenvalue weighted by Crippen LogP contribution is -2.08. The molecule has 0 radical (unpaired) electrons. The summed E-state index contributed by atoms with van der Waals surface area (Å²) in [5, 5.41) is 0. The van der Waals surface area contributed by atoms with Crippen molar-refractivity contribution in [1.29, 1.82) is 0 Å².